The first kappa shape index (κ1) is 31.8. The molecule has 2 heterocycles. The van der Waals surface area contributed by atoms with Crippen molar-refractivity contribution in [3.05, 3.63) is 58.5 Å². The zero-order valence-electron chi connectivity index (χ0n) is 24.6. The maximum atomic E-state index is 13.9. The summed E-state index contributed by atoms with van der Waals surface area (Å²) < 4.78 is 19.1. The molecule has 224 valence electrons. The standard InChI is InChI=1S/C28H32N4O6.C2H4O2/c1-28(2,3)38-24(33)16-32-23-10-8-18(36-4)14-21(23)30-25(26(32)34)20-15-31(12-6-11-29)22-9-7-17(13-19(20)22)27(35)37-5;1-2(3)4/h7-10,13-15H,6,11-12,16,29H2,1-5H3;1H3,(H,3,4). The van der Waals surface area contributed by atoms with Crippen molar-refractivity contribution in [2.75, 3.05) is 20.8 Å². The van der Waals surface area contributed by atoms with E-state index in [2.05, 4.69) is 0 Å². The van der Waals surface area contributed by atoms with Crippen molar-refractivity contribution in [2.24, 2.45) is 5.73 Å². The van der Waals surface area contributed by atoms with Crippen molar-refractivity contribution in [1.82, 2.24) is 14.1 Å². The van der Waals surface area contributed by atoms with Gasteiger partial charge in [-0.2, -0.15) is 0 Å². The molecule has 12 nitrogen and oxygen atoms in total. The molecule has 0 bridgehead atoms. The van der Waals surface area contributed by atoms with Crippen LogP contribution in [0, 0.1) is 0 Å². The maximum Gasteiger partial charge on any atom is 0.337 e. The molecule has 0 unspecified atom stereocenters. The largest absolute Gasteiger partial charge is 0.497 e. The van der Waals surface area contributed by atoms with Gasteiger partial charge in [-0.15, -0.1) is 0 Å². The van der Waals surface area contributed by atoms with Crippen molar-refractivity contribution in [3.8, 4) is 17.0 Å². The fraction of sp³-hybridized carbons (Fsp3) is 0.367. The molecule has 0 saturated heterocycles. The topological polar surface area (TPSA) is 165 Å². The highest BCUT2D eigenvalue weighted by molar-refractivity contribution is 6.01. The second-order valence-corrected chi connectivity index (χ2v) is 10.4. The van der Waals surface area contributed by atoms with E-state index in [1.54, 1.807) is 51.1 Å². The summed E-state index contributed by atoms with van der Waals surface area (Å²) in [5.41, 5.74) is 7.31. The number of nitrogens with two attached hydrogens (primary N) is 1. The van der Waals surface area contributed by atoms with Crippen LogP contribution in [0.15, 0.2) is 47.4 Å². The van der Waals surface area contributed by atoms with Crippen LogP contribution in [0.5, 0.6) is 5.75 Å². The third-order valence-electron chi connectivity index (χ3n) is 6.02. The Bertz CT molecular complexity index is 1680. The van der Waals surface area contributed by atoms with Crippen LogP contribution < -0.4 is 16.0 Å². The molecule has 42 heavy (non-hydrogen) atoms. The molecule has 0 aliphatic carbocycles. The number of benzene rings is 2. The molecule has 2 aromatic heterocycles. The van der Waals surface area contributed by atoms with Crippen molar-refractivity contribution in [1.29, 1.82) is 0 Å². The Morgan fingerprint density at radius 2 is 1.71 bits per heavy atom. The Labute approximate surface area is 242 Å². The first-order valence-electron chi connectivity index (χ1n) is 13.2. The van der Waals surface area contributed by atoms with E-state index in [-0.39, 0.29) is 12.2 Å². The monoisotopic (exact) mass is 580 g/mol. The molecule has 0 fully saturated rings. The third kappa shape index (κ3) is 7.52. The summed E-state index contributed by atoms with van der Waals surface area (Å²) in [6, 6.07) is 10.3. The van der Waals surface area contributed by atoms with Gasteiger partial charge in [0.1, 0.15) is 23.6 Å². The number of carboxylic acid groups (broad SMARTS) is 1. The molecule has 0 aliphatic rings. The molecular weight excluding hydrogens is 544 g/mol. The van der Waals surface area contributed by atoms with Crippen molar-refractivity contribution >= 4 is 39.8 Å². The fourth-order valence-electron chi connectivity index (χ4n) is 4.37. The van der Waals surface area contributed by atoms with Crippen LogP contribution in [0.1, 0.15) is 44.5 Å². The van der Waals surface area contributed by atoms with E-state index >= 15 is 0 Å². The number of rotatable bonds is 8. The average Bonchev–Trinajstić information content (AvgIpc) is 3.28. The molecule has 0 spiro atoms. The number of aromatic nitrogens is 3. The van der Waals surface area contributed by atoms with Gasteiger partial charge in [0.2, 0.25) is 0 Å². The molecule has 0 radical (unpaired) electrons. The third-order valence-corrected chi connectivity index (χ3v) is 6.02. The van der Waals surface area contributed by atoms with Gasteiger partial charge >= 0.3 is 11.9 Å². The number of carbonyl (C=O) groups is 3. The fourth-order valence-corrected chi connectivity index (χ4v) is 4.37. The van der Waals surface area contributed by atoms with E-state index in [9.17, 15) is 14.4 Å². The summed E-state index contributed by atoms with van der Waals surface area (Å²) in [6.45, 7) is 7.19. The Balaban J connectivity index is 0.00000114. The lowest BCUT2D eigenvalue weighted by Crippen LogP contribution is -2.31. The van der Waals surface area contributed by atoms with E-state index in [0.29, 0.717) is 52.8 Å². The molecule has 4 rings (SSSR count). The SMILES string of the molecule is CC(=O)O.COC(=O)c1ccc2c(c1)c(-c1nc3cc(OC)ccc3n(CC(=O)OC(C)(C)C)c1=O)cn2CCCN. The molecule has 0 amide bonds. The zero-order chi connectivity index (χ0) is 31.2. The summed E-state index contributed by atoms with van der Waals surface area (Å²) >= 11 is 0. The number of nitrogens with zero attached hydrogens (tertiary/aromatic N) is 3. The van der Waals surface area contributed by atoms with Gasteiger partial charge in [0.15, 0.2) is 0 Å². The van der Waals surface area contributed by atoms with E-state index in [4.69, 9.17) is 34.8 Å². The van der Waals surface area contributed by atoms with Gasteiger partial charge in [-0.1, -0.05) is 0 Å². The molecule has 0 saturated carbocycles. The van der Waals surface area contributed by atoms with Gasteiger partial charge < -0.3 is 29.6 Å². The molecule has 4 aromatic rings. The minimum absolute atomic E-state index is 0.132. The van der Waals surface area contributed by atoms with E-state index in [0.717, 1.165) is 12.4 Å². The summed E-state index contributed by atoms with van der Waals surface area (Å²) in [5, 5.41) is 8.07. The van der Waals surface area contributed by atoms with Crippen molar-refractivity contribution in [3.63, 3.8) is 0 Å². The lowest BCUT2D eigenvalue weighted by molar-refractivity contribution is -0.155. The number of esters is 2. The number of aliphatic carboxylic acids is 1. The first-order chi connectivity index (χ1) is 19.8. The molecule has 2 aromatic carbocycles. The summed E-state index contributed by atoms with van der Waals surface area (Å²) in [4.78, 5) is 52.7. The highest BCUT2D eigenvalue weighted by atomic mass is 16.6. The Hall–Kier alpha value is -4.71. The van der Waals surface area contributed by atoms with Crippen LogP contribution in [-0.2, 0) is 32.2 Å². The maximum absolute atomic E-state index is 13.9. The minimum Gasteiger partial charge on any atom is -0.497 e. The lowest BCUT2D eigenvalue weighted by Gasteiger charge is -2.20. The smallest absolute Gasteiger partial charge is 0.337 e. The highest BCUT2D eigenvalue weighted by Gasteiger charge is 2.23. The van der Waals surface area contributed by atoms with Gasteiger partial charge in [0.05, 0.1) is 30.8 Å². The average molecular weight is 581 g/mol. The van der Waals surface area contributed by atoms with Gasteiger partial charge in [-0.3, -0.25) is 19.0 Å². The van der Waals surface area contributed by atoms with Crippen LogP contribution in [0.3, 0.4) is 0 Å². The van der Waals surface area contributed by atoms with E-state index in [1.165, 1.54) is 18.8 Å². The zero-order valence-corrected chi connectivity index (χ0v) is 24.6. The first-order valence-corrected chi connectivity index (χ1v) is 13.2. The van der Waals surface area contributed by atoms with Gasteiger partial charge in [0, 0.05) is 42.2 Å². The number of carbonyl (C=O) groups excluding carboxylic acids is 2. The predicted octanol–water partition coefficient (Wildman–Crippen LogP) is 3.59. The van der Waals surface area contributed by atoms with Gasteiger partial charge in [-0.25, -0.2) is 9.78 Å². The Morgan fingerprint density at radius 3 is 2.31 bits per heavy atom. The van der Waals surface area contributed by atoms with Crippen LogP contribution in [-0.4, -0.2) is 63.5 Å². The number of ether oxygens (including phenoxy) is 3. The second kappa shape index (κ2) is 13.3. The Kier molecular flexibility index (Phi) is 10.1. The molecule has 0 aliphatic heterocycles. The number of hydrogen-bond acceptors (Lipinski definition) is 9. The quantitative estimate of drug-likeness (QED) is 0.294. The Morgan fingerprint density at radius 1 is 1.05 bits per heavy atom. The van der Waals surface area contributed by atoms with Crippen LogP contribution >= 0.6 is 0 Å². The van der Waals surface area contributed by atoms with E-state index in [1.807, 2.05) is 16.8 Å². The van der Waals surface area contributed by atoms with Gasteiger partial charge in [-0.05, 0) is 64.1 Å². The van der Waals surface area contributed by atoms with Crippen LogP contribution in [0.2, 0.25) is 0 Å². The lowest BCUT2D eigenvalue weighted by atomic mass is 10.1. The van der Waals surface area contributed by atoms with Crippen LogP contribution in [0.25, 0.3) is 33.2 Å². The molecule has 12 heteroatoms. The number of hydrogen-bond donors (Lipinski definition) is 2. The van der Waals surface area contributed by atoms with Crippen molar-refractivity contribution < 1.29 is 33.7 Å². The predicted molar refractivity (Wildman–Crippen MR) is 158 cm³/mol. The normalized spacial score (nSPS) is 11.1. The van der Waals surface area contributed by atoms with Crippen LogP contribution in [0.4, 0.5) is 0 Å². The molecule has 3 N–H and O–H groups in total. The number of methoxy groups -OCH3 is 2. The number of carboxylic acids is 1. The summed E-state index contributed by atoms with van der Waals surface area (Å²) in [7, 11) is 2.85. The van der Waals surface area contributed by atoms with Crippen molar-refractivity contribution in [2.45, 2.75) is 52.8 Å². The molecular formula is C30H36N4O8. The summed E-state index contributed by atoms with van der Waals surface area (Å²) in [5.74, 6) is -1.32. The minimum atomic E-state index is -0.833. The van der Waals surface area contributed by atoms with Gasteiger partial charge in [0.25, 0.3) is 11.5 Å². The highest BCUT2D eigenvalue weighted by Crippen LogP contribution is 2.31. The summed E-state index contributed by atoms with van der Waals surface area (Å²) in [6.07, 6.45) is 2.54. The molecule has 0 atom stereocenters. The second-order valence-electron chi connectivity index (χ2n) is 10.4. The van der Waals surface area contributed by atoms with E-state index < -0.39 is 29.1 Å². The number of aryl methyl sites for hydroxylation is 1. The number of fused-ring (bicyclic) bond motifs is 2.